The summed E-state index contributed by atoms with van der Waals surface area (Å²) in [6.45, 7) is 2.54. The molecule has 1 rings (SSSR count). The normalized spacial score (nSPS) is 9.06. The van der Waals surface area contributed by atoms with E-state index in [-0.39, 0.29) is 18.1 Å². The van der Waals surface area contributed by atoms with Crippen LogP contribution < -0.4 is 4.74 Å². The van der Waals surface area contributed by atoms with Gasteiger partial charge in [0.2, 0.25) is 0 Å². The Labute approximate surface area is 112 Å². The summed E-state index contributed by atoms with van der Waals surface area (Å²) in [5.74, 6) is -0.592. The maximum absolute atomic E-state index is 13.4. The van der Waals surface area contributed by atoms with Crippen LogP contribution >= 0.6 is 11.8 Å². The van der Waals surface area contributed by atoms with Crippen LogP contribution in [0.3, 0.4) is 0 Å². The molecule has 0 saturated heterocycles. The molecule has 0 amide bonds. The van der Waals surface area contributed by atoms with Crippen LogP contribution in [0.2, 0.25) is 0 Å². The van der Waals surface area contributed by atoms with Gasteiger partial charge in [-0.15, -0.1) is 0 Å². The van der Waals surface area contributed by atoms with Gasteiger partial charge in [0.05, 0.1) is 12.2 Å². The van der Waals surface area contributed by atoms with Crippen LogP contribution in [0.15, 0.2) is 18.2 Å². The van der Waals surface area contributed by atoms with Gasteiger partial charge in [0.15, 0.2) is 18.4 Å². The second kappa shape index (κ2) is 10.9. The summed E-state index contributed by atoms with van der Waals surface area (Å²) >= 11 is 1.75. The molecule has 1 aromatic carbocycles. The minimum atomic E-state index is -0.639. The number of hydrogen-bond donors (Lipinski definition) is 0. The topological polar surface area (TPSA) is 42.2 Å². The van der Waals surface area contributed by atoms with E-state index in [1.807, 2.05) is 19.4 Å². The first-order valence-electron chi connectivity index (χ1n) is 5.50. The van der Waals surface area contributed by atoms with E-state index in [4.69, 9.17) is 14.7 Å². The summed E-state index contributed by atoms with van der Waals surface area (Å²) in [6, 6.07) is 6.17. The predicted molar refractivity (Wildman–Crippen MR) is 72.3 cm³/mol. The smallest absolute Gasteiger partial charge is 0.189 e. The lowest BCUT2D eigenvalue weighted by molar-refractivity contribution is 0.0135. The Hall–Kier alpha value is -1.25. The van der Waals surface area contributed by atoms with Crippen LogP contribution in [0, 0.1) is 17.1 Å². The van der Waals surface area contributed by atoms with E-state index < -0.39 is 5.82 Å². The van der Waals surface area contributed by atoms with Crippen molar-refractivity contribution < 1.29 is 13.9 Å². The lowest BCUT2D eigenvalue weighted by atomic mass is 10.2. The Bertz CT molecular complexity index is 380. The highest BCUT2D eigenvalue weighted by atomic mass is 32.2. The van der Waals surface area contributed by atoms with Crippen molar-refractivity contribution in [2.45, 2.75) is 13.3 Å². The predicted octanol–water partition coefficient (Wildman–Crippen LogP) is 3.44. The third-order valence-electron chi connectivity index (χ3n) is 1.73. The fraction of sp³-hybridized carbons (Fsp3) is 0.462. The molecule has 5 heteroatoms. The molecule has 3 nitrogen and oxygen atoms in total. The second-order valence-corrected chi connectivity index (χ2v) is 4.12. The highest BCUT2D eigenvalue weighted by Gasteiger charge is 2.07. The van der Waals surface area contributed by atoms with Crippen LogP contribution in [0.25, 0.3) is 0 Å². The molecule has 0 bridgehead atoms. The Morgan fingerprint density at radius 2 is 2.06 bits per heavy atom. The van der Waals surface area contributed by atoms with Gasteiger partial charge in [-0.25, -0.2) is 4.39 Å². The molecule has 0 N–H and O–H groups in total. The Morgan fingerprint density at radius 3 is 2.61 bits per heavy atom. The average Bonchev–Trinajstić information content (AvgIpc) is 2.37. The van der Waals surface area contributed by atoms with Crippen molar-refractivity contribution in [1.29, 1.82) is 5.26 Å². The SMILES string of the molecule is CCCOCOc1cccc(C#N)c1F.CSC. The van der Waals surface area contributed by atoms with Gasteiger partial charge in [-0.05, 0) is 31.1 Å². The summed E-state index contributed by atoms with van der Waals surface area (Å²) in [6.07, 6.45) is 4.96. The second-order valence-electron chi connectivity index (χ2n) is 3.31. The standard InChI is InChI=1S/C11H12FNO2.C2H6S/c1-2-6-14-8-15-10-5-3-4-9(7-13)11(10)12;1-3-2/h3-5H,2,6,8H2,1H3;1-2H3. The number of thioether (sulfide) groups is 1. The number of ether oxygens (including phenoxy) is 2. The molecular weight excluding hydrogens is 253 g/mol. The largest absolute Gasteiger partial charge is 0.464 e. The first kappa shape index (κ1) is 16.8. The Kier molecular flexibility index (Phi) is 10.1. The van der Waals surface area contributed by atoms with Crippen molar-refractivity contribution in [3.63, 3.8) is 0 Å². The van der Waals surface area contributed by atoms with E-state index in [0.717, 1.165) is 6.42 Å². The molecule has 0 heterocycles. The highest BCUT2D eigenvalue weighted by molar-refractivity contribution is 7.97. The maximum Gasteiger partial charge on any atom is 0.189 e. The van der Waals surface area contributed by atoms with Gasteiger partial charge in [0, 0.05) is 0 Å². The number of nitriles is 1. The van der Waals surface area contributed by atoms with Gasteiger partial charge in [-0.3, -0.25) is 0 Å². The van der Waals surface area contributed by atoms with Crippen LogP contribution in [0.5, 0.6) is 5.75 Å². The van der Waals surface area contributed by atoms with E-state index in [0.29, 0.717) is 6.61 Å². The van der Waals surface area contributed by atoms with Gasteiger partial charge >= 0.3 is 0 Å². The van der Waals surface area contributed by atoms with E-state index in [2.05, 4.69) is 0 Å². The van der Waals surface area contributed by atoms with Crippen molar-refractivity contribution >= 4 is 11.8 Å². The quantitative estimate of drug-likeness (QED) is 0.607. The van der Waals surface area contributed by atoms with Crippen molar-refractivity contribution in [3.05, 3.63) is 29.6 Å². The highest BCUT2D eigenvalue weighted by Crippen LogP contribution is 2.19. The molecule has 0 aliphatic rings. The molecule has 0 radical (unpaired) electrons. The van der Waals surface area contributed by atoms with E-state index in [1.54, 1.807) is 23.9 Å². The molecule has 0 spiro atoms. The number of halogens is 1. The summed E-state index contributed by atoms with van der Waals surface area (Å²) in [5.41, 5.74) is -0.0250. The summed E-state index contributed by atoms with van der Waals surface area (Å²) in [7, 11) is 0. The molecular formula is C13H18FNO2S. The van der Waals surface area contributed by atoms with E-state index >= 15 is 0 Å². The van der Waals surface area contributed by atoms with Crippen LogP contribution in [-0.4, -0.2) is 25.9 Å². The molecule has 100 valence electrons. The zero-order valence-corrected chi connectivity index (χ0v) is 11.7. The monoisotopic (exact) mass is 271 g/mol. The molecule has 18 heavy (non-hydrogen) atoms. The lowest BCUT2D eigenvalue weighted by Gasteiger charge is -2.07. The summed E-state index contributed by atoms with van der Waals surface area (Å²) < 4.78 is 23.5. The van der Waals surface area contributed by atoms with Gasteiger partial charge in [0.1, 0.15) is 6.07 Å². The maximum atomic E-state index is 13.4. The molecule has 1 aromatic rings. The van der Waals surface area contributed by atoms with Crippen LogP contribution in [-0.2, 0) is 4.74 Å². The molecule has 0 unspecified atom stereocenters. The van der Waals surface area contributed by atoms with Crippen molar-refractivity contribution in [1.82, 2.24) is 0 Å². The third kappa shape index (κ3) is 6.48. The van der Waals surface area contributed by atoms with Crippen molar-refractivity contribution in [2.24, 2.45) is 0 Å². The van der Waals surface area contributed by atoms with E-state index in [9.17, 15) is 4.39 Å². The Balaban J connectivity index is 0.000000873. The zero-order valence-electron chi connectivity index (χ0n) is 10.9. The molecule has 0 saturated carbocycles. The third-order valence-corrected chi connectivity index (χ3v) is 1.73. The van der Waals surface area contributed by atoms with Crippen LogP contribution in [0.4, 0.5) is 4.39 Å². The van der Waals surface area contributed by atoms with Crippen LogP contribution in [0.1, 0.15) is 18.9 Å². The number of rotatable bonds is 5. The number of benzene rings is 1. The molecule has 0 atom stereocenters. The minimum absolute atomic E-state index is 0.000355. The van der Waals surface area contributed by atoms with Gasteiger partial charge in [-0.1, -0.05) is 13.0 Å². The fourth-order valence-electron chi connectivity index (χ4n) is 1.02. The first-order chi connectivity index (χ1) is 8.71. The van der Waals surface area contributed by atoms with Gasteiger partial charge in [-0.2, -0.15) is 17.0 Å². The molecule has 0 aliphatic carbocycles. The fourth-order valence-corrected chi connectivity index (χ4v) is 1.02. The Morgan fingerprint density at radius 1 is 1.39 bits per heavy atom. The van der Waals surface area contributed by atoms with Crippen molar-refractivity contribution in [3.8, 4) is 11.8 Å². The first-order valence-corrected chi connectivity index (χ1v) is 7.13. The number of nitrogens with zero attached hydrogens (tertiary/aromatic N) is 1. The molecule has 0 aromatic heterocycles. The molecule has 0 aliphatic heterocycles. The van der Waals surface area contributed by atoms with E-state index in [1.165, 1.54) is 12.1 Å². The average molecular weight is 271 g/mol. The van der Waals surface area contributed by atoms with Gasteiger partial charge in [0.25, 0.3) is 0 Å². The number of hydrogen-bond acceptors (Lipinski definition) is 4. The summed E-state index contributed by atoms with van der Waals surface area (Å²) in [5, 5.41) is 8.58. The molecule has 0 fully saturated rings. The van der Waals surface area contributed by atoms with Crippen molar-refractivity contribution in [2.75, 3.05) is 25.9 Å². The zero-order chi connectivity index (χ0) is 13.8. The minimum Gasteiger partial charge on any atom is -0.464 e. The summed E-state index contributed by atoms with van der Waals surface area (Å²) in [4.78, 5) is 0. The van der Waals surface area contributed by atoms with Gasteiger partial charge < -0.3 is 9.47 Å². The lowest BCUT2D eigenvalue weighted by Crippen LogP contribution is -2.05.